The Morgan fingerprint density at radius 2 is 1.83 bits per heavy atom. The quantitative estimate of drug-likeness (QED) is 0.427. The van der Waals surface area contributed by atoms with Crippen molar-refractivity contribution < 1.29 is 8.42 Å². The number of nitrogens with two attached hydrogens (primary N) is 1. The maximum absolute atomic E-state index is 11.3. The zero-order valence-electron chi connectivity index (χ0n) is 11.4. The molecule has 0 atom stereocenters. The van der Waals surface area contributed by atoms with Gasteiger partial charge in [0.1, 0.15) is 0 Å². The number of nitrogens with zero attached hydrogens (tertiary/aromatic N) is 1. The van der Waals surface area contributed by atoms with Crippen LogP contribution in [0.5, 0.6) is 0 Å². The Morgan fingerprint density at radius 1 is 1.28 bits per heavy atom. The molecule has 1 rings (SSSR count). The molecule has 1 aliphatic rings. The van der Waals surface area contributed by atoms with E-state index in [1.54, 1.807) is 0 Å². The number of hydrogen-bond acceptors (Lipinski definition) is 4. The molecule has 18 heavy (non-hydrogen) atoms. The first-order valence-corrected chi connectivity index (χ1v) is 8.32. The predicted octanol–water partition coefficient (Wildman–Crippen LogP) is 0.849. The third kappa shape index (κ3) is 4.94. The largest absolute Gasteiger partial charge is 0.387 e. The first kappa shape index (κ1) is 15.4. The lowest BCUT2D eigenvalue weighted by Gasteiger charge is -2.27. The third-order valence-corrected chi connectivity index (χ3v) is 5.30. The molecule has 5 nitrogen and oxygen atoms in total. The summed E-state index contributed by atoms with van der Waals surface area (Å²) in [5.74, 6) is 0.837. The van der Waals surface area contributed by atoms with E-state index in [-0.39, 0.29) is 11.3 Å². The highest BCUT2D eigenvalue weighted by Gasteiger charge is 2.23. The van der Waals surface area contributed by atoms with Crippen LogP contribution < -0.4 is 5.73 Å². The molecule has 6 heteroatoms. The third-order valence-electron chi connectivity index (χ3n) is 3.69. The van der Waals surface area contributed by atoms with E-state index in [9.17, 15) is 8.42 Å². The molecule has 1 saturated heterocycles. The molecule has 0 aromatic carbocycles. The monoisotopic (exact) mass is 275 g/mol. The van der Waals surface area contributed by atoms with Crippen LogP contribution in [-0.4, -0.2) is 50.3 Å². The molecule has 0 spiro atoms. The normalized spacial score (nSPS) is 20.8. The van der Waals surface area contributed by atoms with Gasteiger partial charge in [-0.1, -0.05) is 20.3 Å². The molecule has 3 N–H and O–H groups in total. The van der Waals surface area contributed by atoms with E-state index in [2.05, 4.69) is 4.90 Å². The zero-order valence-corrected chi connectivity index (χ0v) is 12.2. The SMILES string of the molecule is CC(C)(CCCCN1CCS(=O)(=O)CC1)C(=N)N. The maximum Gasteiger partial charge on any atom is 0.152 e. The molecule has 0 aromatic rings. The van der Waals surface area contributed by atoms with Crippen LogP contribution in [0.2, 0.25) is 0 Å². The van der Waals surface area contributed by atoms with Gasteiger partial charge in [0.15, 0.2) is 9.84 Å². The standard InChI is InChI=1S/C12H25N3O2S/c1-12(2,11(13)14)5-3-4-6-15-7-9-18(16,17)10-8-15/h3-10H2,1-2H3,(H3,13,14). The van der Waals surface area contributed by atoms with Gasteiger partial charge in [0.2, 0.25) is 0 Å². The molecule has 0 unspecified atom stereocenters. The predicted molar refractivity (Wildman–Crippen MR) is 74.6 cm³/mol. The summed E-state index contributed by atoms with van der Waals surface area (Å²) in [5.41, 5.74) is 5.31. The van der Waals surface area contributed by atoms with Crippen LogP contribution in [0.4, 0.5) is 0 Å². The average molecular weight is 275 g/mol. The van der Waals surface area contributed by atoms with Crippen molar-refractivity contribution in [3.05, 3.63) is 0 Å². The fraction of sp³-hybridized carbons (Fsp3) is 0.917. The van der Waals surface area contributed by atoms with Crippen LogP contribution in [0.1, 0.15) is 33.1 Å². The van der Waals surface area contributed by atoms with Gasteiger partial charge in [-0.15, -0.1) is 0 Å². The molecular formula is C12H25N3O2S. The minimum Gasteiger partial charge on any atom is -0.387 e. The van der Waals surface area contributed by atoms with Gasteiger partial charge in [-0.3, -0.25) is 5.41 Å². The van der Waals surface area contributed by atoms with Gasteiger partial charge in [-0.05, 0) is 19.4 Å². The minimum absolute atomic E-state index is 0.217. The summed E-state index contributed by atoms with van der Waals surface area (Å²) in [4.78, 5) is 2.21. The fourth-order valence-corrected chi connectivity index (χ4v) is 3.29. The number of unbranched alkanes of at least 4 members (excludes halogenated alkanes) is 1. The Bertz CT molecular complexity index is 376. The molecular weight excluding hydrogens is 250 g/mol. The Labute approximate surface area is 110 Å². The smallest absolute Gasteiger partial charge is 0.152 e. The first-order valence-electron chi connectivity index (χ1n) is 6.50. The van der Waals surface area contributed by atoms with Gasteiger partial charge < -0.3 is 10.6 Å². The Morgan fingerprint density at radius 3 is 2.33 bits per heavy atom. The molecule has 1 fully saturated rings. The van der Waals surface area contributed by atoms with Crippen molar-refractivity contribution in [3.8, 4) is 0 Å². The summed E-state index contributed by atoms with van der Waals surface area (Å²) < 4.78 is 22.5. The van der Waals surface area contributed by atoms with Gasteiger partial charge in [-0.25, -0.2) is 8.42 Å². The molecule has 0 radical (unpaired) electrons. The average Bonchev–Trinajstić information content (AvgIpc) is 2.26. The second-order valence-corrected chi connectivity index (χ2v) is 8.05. The van der Waals surface area contributed by atoms with E-state index >= 15 is 0 Å². The van der Waals surface area contributed by atoms with Gasteiger partial charge >= 0.3 is 0 Å². The van der Waals surface area contributed by atoms with Crippen molar-refractivity contribution in [1.29, 1.82) is 5.41 Å². The van der Waals surface area contributed by atoms with Crippen molar-refractivity contribution in [2.45, 2.75) is 33.1 Å². The van der Waals surface area contributed by atoms with E-state index in [4.69, 9.17) is 11.1 Å². The van der Waals surface area contributed by atoms with Crippen molar-refractivity contribution in [2.75, 3.05) is 31.1 Å². The molecule has 106 valence electrons. The summed E-state index contributed by atoms with van der Waals surface area (Å²) in [6.07, 6.45) is 2.97. The van der Waals surface area contributed by atoms with Crippen molar-refractivity contribution in [2.24, 2.45) is 11.1 Å². The number of sulfone groups is 1. The molecule has 0 aliphatic carbocycles. The topological polar surface area (TPSA) is 87.2 Å². The molecule has 1 heterocycles. The van der Waals surface area contributed by atoms with Gasteiger partial charge in [0, 0.05) is 18.5 Å². The molecule has 0 saturated carbocycles. The van der Waals surface area contributed by atoms with E-state index in [0.29, 0.717) is 24.6 Å². The van der Waals surface area contributed by atoms with Crippen LogP contribution in [0, 0.1) is 10.8 Å². The van der Waals surface area contributed by atoms with Gasteiger partial charge in [-0.2, -0.15) is 0 Å². The Balaban J connectivity index is 2.18. The Hall–Kier alpha value is -0.620. The second-order valence-electron chi connectivity index (χ2n) is 5.75. The van der Waals surface area contributed by atoms with E-state index in [0.717, 1.165) is 25.8 Å². The lowest BCUT2D eigenvalue weighted by Crippen LogP contribution is -2.40. The van der Waals surface area contributed by atoms with Gasteiger partial charge in [0.25, 0.3) is 0 Å². The first-order chi connectivity index (χ1) is 8.23. The minimum atomic E-state index is -2.77. The van der Waals surface area contributed by atoms with Crippen molar-refractivity contribution in [3.63, 3.8) is 0 Å². The highest BCUT2D eigenvalue weighted by atomic mass is 32.2. The van der Waals surface area contributed by atoms with Crippen LogP contribution in [-0.2, 0) is 9.84 Å². The van der Waals surface area contributed by atoms with Crippen molar-refractivity contribution in [1.82, 2.24) is 4.90 Å². The Kier molecular flexibility index (Phi) is 5.16. The number of nitrogens with one attached hydrogen (secondary N) is 1. The molecule has 0 amide bonds. The summed E-state index contributed by atoms with van der Waals surface area (Å²) in [6, 6.07) is 0. The van der Waals surface area contributed by atoms with E-state index < -0.39 is 9.84 Å². The summed E-state index contributed by atoms with van der Waals surface area (Å²) in [6.45, 7) is 6.26. The highest BCUT2D eigenvalue weighted by molar-refractivity contribution is 7.91. The van der Waals surface area contributed by atoms with Crippen molar-refractivity contribution >= 4 is 15.7 Å². The summed E-state index contributed by atoms with van der Waals surface area (Å²) >= 11 is 0. The van der Waals surface area contributed by atoms with Crippen LogP contribution in [0.25, 0.3) is 0 Å². The maximum atomic E-state index is 11.3. The second kappa shape index (κ2) is 6.02. The number of rotatable bonds is 6. The molecule has 0 aromatic heterocycles. The number of amidine groups is 1. The summed E-state index contributed by atoms with van der Waals surface area (Å²) in [7, 11) is -2.77. The van der Waals surface area contributed by atoms with E-state index in [1.165, 1.54) is 0 Å². The van der Waals surface area contributed by atoms with E-state index in [1.807, 2.05) is 13.8 Å². The van der Waals surface area contributed by atoms with Crippen LogP contribution >= 0.6 is 0 Å². The number of hydrogen-bond donors (Lipinski definition) is 2. The van der Waals surface area contributed by atoms with Crippen LogP contribution in [0.3, 0.4) is 0 Å². The lowest BCUT2D eigenvalue weighted by molar-refractivity contribution is 0.282. The highest BCUT2D eigenvalue weighted by Crippen LogP contribution is 2.22. The van der Waals surface area contributed by atoms with Gasteiger partial charge in [0.05, 0.1) is 17.3 Å². The lowest BCUT2D eigenvalue weighted by atomic mass is 9.86. The fourth-order valence-electron chi connectivity index (χ4n) is 2.01. The van der Waals surface area contributed by atoms with Crippen LogP contribution in [0.15, 0.2) is 0 Å². The molecule has 0 bridgehead atoms. The molecule has 1 aliphatic heterocycles. The summed E-state index contributed by atoms with van der Waals surface area (Å²) in [5, 5.41) is 7.47. The zero-order chi connectivity index (χ0) is 13.8.